The zero-order chi connectivity index (χ0) is 23.0. The van der Waals surface area contributed by atoms with Crippen molar-refractivity contribution in [3.05, 3.63) is 41.7 Å². The number of aromatic nitrogens is 4. The molecule has 12 nitrogen and oxygen atoms in total. The van der Waals surface area contributed by atoms with Crippen LogP contribution in [0.25, 0.3) is 11.0 Å². The van der Waals surface area contributed by atoms with Crippen LogP contribution in [0.5, 0.6) is 0 Å². The average Bonchev–Trinajstić information content (AvgIpc) is 3.24. The summed E-state index contributed by atoms with van der Waals surface area (Å²) in [5.41, 5.74) is 8.60. The van der Waals surface area contributed by atoms with Gasteiger partial charge >= 0.3 is 10.3 Å². The molecular formula is C18H22N6O6S2. The second-order valence-electron chi connectivity index (χ2n) is 7.31. The van der Waals surface area contributed by atoms with Crippen molar-refractivity contribution >= 4 is 38.9 Å². The molecule has 1 fully saturated rings. The Bertz CT molecular complexity index is 1220. The maximum absolute atomic E-state index is 11.1. The fraction of sp³-hybridized carbons (Fsp3) is 0.389. The van der Waals surface area contributed by atoms with Crippen LogP contribution in [0.4, 0.5) is 5.82 Å². The highest BCUT2D eigenvalue weighted by Crippen LogP contribution is 2.37. The molecule has 3 heterocycles. The second kappa shape index (κ2) is 8.90. The van der Waals surface area contributed by atoms with E-state index in [2.05, 4.69) is 19.2 Å². The first-order chi connectivity index (χ1) is 15.1. The average molecular weight is 483 g/mol. The summed E-state index contributed by atoms with van der Waals surface area (Å²) in [6, 6.07) is 8.05. The number of fused-ring (bicyclic) bond motifs is 1. The molecule has 172 valence electrons. The lowest BCUT2D eigenvalue weighted by molar-refractivity contribution is -0.0531. The quantitative estimate of drug-likeness (QED) is 0.328. The Labute approximate surface area is 187 Å². The van der Waals surface area contributed by atoms with Gasteiger partial charge in [0, 0.05) is 5.75 Å². The standard InChI is InChI=1S/C18H22N6O6S2/c1-9-2-4-10(5-3-9)7-31-17-12-15(19)21-8-22-16(12)24(23-17)18-14(26)13(25)11(30-18)6-29-32(20,27)28/h2-5,8,11,13-14,18,25-26H,6-7H2,1H3,(H2,19,21,22)(H2,20,27,28)/t11-,13-,14-,18-/m1/s1. The van der Waals surface area contributed by atoms with Crippen LogP contribution < -0.4 is 10.9 Å². The van der Waals surface area contributed by atoms with Crippen LogP contribution in [0.1, 0.15) is 17.4 Å². The molecule has 4 atom stereocenters. The largest absolute Gasteiger partial charge is 0.387 e. The molecule has 3 aromatic rings. The Morgan fingerprint density at radius 3 is 2.62 bits per heavy atom. The maximum Gasteiger partial charge on any atom is 0.333 e. The Hall–Kier alpha value is -2.33. The van der Waals surface area contributed by atoms with E-state index in [1.807, 2.05) is 31.2 Å². The number of ether oxygens (including phenoxy) is 1. The smallest absolute Gasteiger partial charge is 0.333 e. The Morgan fingerprint density at radius 1 is 1.22 bits per heavy atom. The molecule has 0 aliphatic carbocycles. The summed E-state index contributed by atoms with van der Waals surface area (Å²) in [5, 5.41) is 31.2. The van der Waals surface area contributed by atoms with E-state index in [1.54, 1.807) is 0 Å². The van der Waals surface area contributed by atoms with Gasteiger partial charge in [0.25, 0.3) is 0 Å². The van der Waals surface area contributed by atoms with E-state index in [0.717, 1.165) is 11.1 Å². The van der Waals surface area contributed by atoms with Crippen LogP contribution in [0.3, 0.4) is 0 Å². The number of aryl methyl sites for hydroxylation is 1. The van der Waals surface area contributed by atoms with E-state index < -0.39 is 41.5 Å². The minimum atomic E-state index is -4.24. The van der Waals surface area contributed by atoms with Gasteiger partial charge in [-0.05, 0) is 12.5 Å². The Morgan fingerprint density at radius 2 is 1.94 bits per heavy atom. The van der Waals surface area contributed by atoms with Crippen molar-refractivity contribution in [2.45, 2.75) is 42.2 Å². The van der Waals surface area contributed by atoms with Gasteiger partial charge in [0.05, 0.1) is 12.0 Å². The number of anilines is 1. The SMILES string of the molecule is Cc1ccc(CSc2nn([C@@H]3O[C@H](COS(N)(=O)=O)[C@@H](O)[C@H]3O)c3ncnc(N)c23)cc1. The number of benzene rings is 1. The highest BCUT2D eigenvalue weighted by Gasteiger charge is 2.45. The van der Waals surface area contributed by atoms with Gasteiger partial charge in [-0.2, -0.15) is 13.5 Å². The number of thioether (sulfide) groups is 1. The molecule has 1 aliphatic heterocycles. The van der Waals surface area contributed by atoms with Crippen LogP contribution in [0, 0.1) is 6.92 Å². The third kappa shape index (κ3) is 4.71. The van der Waals surface area contributed by atoms with Crippen molar-refractivity contribution < 1.29 is 27.6 Å². The van der Waals surface area contributed by atoms with Gasteiger partial charge < -0.3 is 20.7 Å². The molecule has 6 N–H and O–H groups in total. The number of nitrogens with two attached hydrogens (primary N) is 2. The van der Waals surface area contributed by atoms with E-state index in [4.69, 9.17) is 15.6 Å². The highest BCUT2D eigenvalue weighted by molar-refractivity contribution is 7.98. The predicted octanol–water partition coefficient (Wildman–Crippen LogP) is -0.151. The summed E-state index contributed by atoms with van der Waals surface area (Å²) in [5.74, 6) is 0.803. The van der Waals surface area contributed by atoms with E-state index in [1.165, 1.54) is 22.8 Å². The van der Waals surface area contributed by atoms with Crippen LogP contribution >= 0.6 is 11.8 Å². The number of rotatable bonds is 7. The van der Waals surface area contributed by atoms with E-state index in [0.29, 0.717) is 21.8 Å². The molecule has 1 aliphatic rings. The number of aliphatic hydroxyl groups excluding tert-OH is 2. The van der Waals surface area contributed by atoms with Crippen molar-refractivity contribution in [1.29, 1.82) is 0 Å². The summed E-state index contributed by atoms with van der Waals surface area (Å²) < 4.78 is 33.6. The van der Waals surface area contributed by atoms with Gasteiger partial charge in [-0.3, -0.25) is 4.18 Å². The number of nitrogens with zero attached hydrogens (tertiary/aromatic N) is 4. The molecule has 0 bridgehead atoms. The molecule has 2 aromatic heterocycles. The summed E-state index contributed by atoms with van der Waals surface area (Å²) in [6.45, 7) is 1.44. The molecule has 4 rings (SSSR count). The Balaban J connectivity index is 1.63. The van der Waals surface area contributed by atoms with Crippen LogP contribution in [-0.2, 0) is 25.0 Å². The molecular weight excluding hydrogens is 460 g/mol. The zero-order valence-corrected chi connectivity index (χ0v) is 18.5. The van der Waals surface area contributed by atoms with Gasteiger partial charge in [-0.25, -0.2) is 19.8 Å². The van der Waals surface area contributed by atoms with E-state index >= 15 is 0 Å². The first-order valence-corrected chi connectivity index (χ1v) is 12.0. The fourth-order valence-corrected chi connectivity index (χ4v) is 4.61. The molecule has 14 heteroatoms. The third-order valence-electron chi connectivity index (χ3n) is 4.96. The van der Waals surface area contributed by atoms with Crippen molar-refractivity contribution in [2.24, 2.45) is 5.14 Å². The van der Waals surface area contributed by atoms with Crippen molar-refractivity contribution in [1.82, 2.24) is 19.7 Å². The monoisotopic (exact) mass is 482 g/mol. The number of nitrogen functional groups attached to an aromatic ring is 1. The number of hydrogen-bond donors (Lipinski definition) is 4. The minimum Gasteiger partial charge on any atom is -0.387 e. The summed E-state index contributed by atoms with van der Waals surface area (Å²) in [4.78, 5) is 8.25. The topological polar surface area (TPSA) is 189 Å². The molecule has 0 radical (unpaired) electrons. The fourth-order valence-electron chi connectivity index (χ4n) is 3.31. The second-order valence-corrected chi connectivity index (χ2v) is 9.49. The lowest BCUT2D eigenvalue weighted by Crippen LogP contribution is -2.35. The van der Waals surface area contributed by atoms with Gasteiger partial charge in [0.15, 0.2) is 11.9 Å². The first-order valence-electron chi connectivity index (χ1n) is 9.50. The lowest BCUT2D eigenvalue weighted by Gasteiger charge is -2.15. The number of hydrogen-bond acceptors (Lipinski definition) is 11. The van der Waals surface area contributed by atoms with Crippen molar-refractivity contribution in [3.8, 4) is 0 Å². The van der Waals surface area contributed by atoms with E-state index in [9.17, 15) is 18.6 Å². The summed E-state index contributed by atoms with van der Waals surface area (Å²) in [6.07, 6.45) is -3.94. The van der Waals surface area contributed by atoms with Crippen LogP contribution in [-0.4, -0.2) is 63.3 Å². The normalized spacial score (nSPS) is 23.8. The van der Waals surface area contributed by atoms with Gasteiger partial charge in [0.2, 0.25) is 0 Å². The summed E-state index contributed by atoms with van der Waals surface area (Å²) >= 11 is 1.41. The first kappa shape index (κ1) is 22.8. The third-order valence-corrected chi connectivity index (χ3v) is 6.46. The molecule has 1 aromatic carbocycles. The van der Waals surface area contributed by atoms with Crippen molar-refractivity contribution in [3.63, 3.8) is 0 Å². The summed E-state index contributed by atoms with van der Waals surface area (Å²) in [7, 11) is -4.24. The van der Waals surface area contributed by atoms with Gasteiger partial charge in [0.1, 0.15) is 35.5 Å². The lowest BCUT2D eigenvalue weighted by atomic mass is 10.1. The predicted molar refractivity (Wildman–Crippen MR) is 115 cm³/mol. The van der Waals surface area contributed by atoms with E-state index in [-0.39, 0.29) is 5.82 Å². The molecule has 1 saturated heterocycles. The van der Waals surface area contributed by atoms with Crippen LogP contribution in [0.15, 0.2) is 35.6 Å². The van der Waals surface area contributed by atoms with Crippen molar-refractivity contribution in [2.75, 3.05) is 12.3 Å². The van der Waals surface area contributed by atoms with Crippen LogP contribution in [0.2, 0.25) is 0 Å². The molecule has 0 unspecified atom stereocenters. The minimum absolute atomic E-state index is 0.204. The highest BCUT2D eigenvalue weighted by atomic mass is 32.2. The Kier molecular flexibility index (Phi) is 6.35. The molecule has 32 heavy (non-hydrogen) atoms. The number of aliphatic hydroxyl groups is 2. The zero-order valence-electron chi connectivity index (χ0n) is 16.9. The molecule has 0 spiro atoms. The maximum atomic E-state index is 11.1. The molecule has 0 saturated carbocycles. The molecule has 0 amide bonds. The van der Waals surface area contributed by atoms with Gasteiger partial charge in [-0.15, -0.1) is 0 Å². The van der Waals surface area contributed by atoms with Gasteiger partial charge in [-0.1, -0.05) is 41.6 Å².